The van der Waals surface area contributed by atoms with Crippen molar-refractivity contribution < 1.29 is 18.9 Å². The largest absolute Gasteiger partial charge is 0.469 e. The van der Waals surface area contributed by atoms with Gasteiger partial charge in [-0.1, -0.05) is 90.4 Å². The minimum absolute atomic E-state index is 0. The van der Waals surface area contributed by atoms with E-state index in [4.69, 9.17) is 9.79 Å². The third-order valence-corrected chi connectivity index (χ3v) is 4.28. The van der Waals surface area contributed by atoms with E-state index in [0.717, 1.165) is 19.3 Å². The van der Waals surface area contributed by atoms with Crippen LogP contribution >= 0.6 is 7.82 Å². The Morgan fingerprint density at radius 1 is 0.625 bits per heavy atom. The Morgan fingerprint density at radius 2 is 0.917 bits per heavy atom. The van der Waals surface area contributed by atoms with Gasteiger partial charge in [-0.15, -0.1) is 0 Å². The van der Waals surface area contributed by atoms with Crippen LogP contribution in [-0.4, -0.2) is 85.6 Å². The van der Waals surface area contributed by atoms with Gasteiger partial charge in [-0.25, -0.2) is 4.57 Å². The van der Waals surface area contributed by atoms with Gasteiger partial charge in [-0.05, 0) is 6.42 Å². The van der Waals surface area contributed by atoms with Crippen molar-refractivity contribution in [1.82, 2.24) is 0 Å². The van der Waals surface area contributed by atoms with Gasteiger partial charge in [0, 0.05) is 0 Å². The van der Waals surface area contributed by atoms with Gasteiger partial charge in [-0.3, -0.25) is 4.52 Å². The topological polar surface area (TPSA) is 66.8 Å². The SMILES string of the molecule is CCCCCCCCCCCCCCCCOP(=O)(O)O.[MgH2].[MgH2].[MgH2]. The number of unbranched alkanes of at least 4 members (excludes halogenated alkanes) is 13. The molecule has 2 N–H and O–H groups in total. The van der Waals surface area contributed by atoms with E-state index < -0.39 is 7.82 Å². The van der Waals surface area contributed by atoms with Crippen molar-refractivity contribution >= 4 is 77.0 Å². The molecular weight excluding hydrogens is 360 g/mol. The van der Waals surface area contributed by atoms with Crippen molar-refractivity contribution in [3.8, 4) is 0 Å². The first kappa shape index (κ1) is 34.0. The van der Waals surface area contributed by atoms with Gasteiger partial charge >= 0.3 is 77.0 Å². The van der Waals surface area contributed by atoms with Gasteiger partial charge in [0.2, 0.25) is 0 Å². The fraction of sp³-hybridized carbons (Fsp3) is 1.00. The number of hydrogen-bond acceptors (Lipinski definition) is 2. The number of rotatable bonds is 16. The maximum Gasteiger partial charge on any atom is 0.469 e. The summed E-state index contributed by atoms with van der Waals surface area (Å²) in [5.74, 6) is 0. The molecule has 0 aromatic rings. The maximum absolute atomic E-state index is 10.4. The van der Waals surface area contributed by atoms with Gasteiger partial charge in [0.1, 0.15) is 0 Å². The van der Waals surface area contributed by atoms with Crippen molar-refractivity contribution in [2.45, 2.75) is 96.8 Å². The van der Waals surface area contributed by atoms with Gasteiger partial charge in [0.25, 0.3) is 0 Å². The van der Waals surface area contributed by atoms with E-state index in [9.17, 15) is 4.57 Å². The summed E-state index contributed by atoms with van der Waals surface area (Å²) in [6.07, 6.45) is 17.8. The fourth-order valence-corrected chi connectivity index (χ4v) is 2.85. The molecule has 0 aromatic heterocycles. The Hall–Kier alpha value is 2.41. The Bertz CT molecular complexity index is 266. The normalized spacial score (nSPS) is 10.5. The first-order valence-electron chi connectivity index (χ1n) is 8.76. The Kier molecular flexibility index (Phi) is 35.9. The standard InChI is InChI=1S/C16H35O4P.3Mg.6H/c1-2-3-4-5-6-7-8-9-10-11-12-13-14-15-16-20-21(17,18)19;;;;;;;;;/h2-16H2,1H3,(H2,17,18,19);;;;;;;;;. The molecule has 0 spiro atoms. The summed E-state index contributed by atoms with van der Waals surface area (Å²) in [4.78, 5) is 17.0. The van der Waals surface area contributed by atoms with Crippen LogP contribution in [-0.2, 0) is 9.09 Å². The quantitative estimate of drug-likeness (QED) is 0.237. The first-order valence-corrected chi connectivity index (χ1v) is 10.3. The van der Waals surface area contributed by atoms with Crippen molar-refractivity contribution in [1.29, 1.82) is 0 Å². The summed E-state index contributed by atoms with van der Waals surface area (Å²) < 4.78 is 14.8. The fourth-order valence-electron chi connectivity index (χ4n) is 2.48. The van der Waals surface area contributed by atoms with Crippen LogP contribution in [0.1, 0.15) is 96.8 Å². The molecule has 0 rings (SSSR count). The summed E-state index contributed by atoms with van der Waals surface area (Å²) in [6.45, 7) is 2.42. The molecule has 24 heavy (non-hydrogen) atoms. The smallest absolute Gasteiger partial charge is 0.303 e. The summed E-state index contributed by atoms with van der Waals surface area (Å²) in [7, 11) is -4.25. The predicted octanol–water partition coefficient (Wildman–Crippen LogP) is 2.83. The first-order chi connectivity index (χ1) is 10.1. The lowest BCUT2D eigenvalue weighted by Crippen LogP contribution is -1.92. The van der Waals surface area contributed by atoms with Crippen LogP contribution in [0.15, 0.2) is 0 Å². The molecule has 0 aromatic carbocycles. The Morgan fingerprint density at radius 3 is 1.21 bits per heavy atom. The molecule has 0 radical (unpaired) electrons. The van der Waals surface area contributed by atoms with E-state index in [-0.39, 0.29) is 75.8 Å². The number of phosphoric ester groups is 1. The molecular formula is C16H41Mg3O4P. The van der Waals surface area contributed by atoms with Crippen LogP contribution in [0, 0.1) is 0 Å². The zero-order chi connectivity index (χ0) is 15.8. The Labute approximate surface area is 197 Å². The molecule has 0 saturated heterocycles. The van der Waals surface area contributed by atoms with Crippen molar-refractivity contribution in [2.75, 3.05) is 6.61 Å². The molecule has 4 nitrogen and oxygen atoms in total. The highest BCUT2D eigenvalue weighted by Crippen LogP contribution is 2.35. The highest BCUT2D eigenvalue weighted by atomic mass is 31.2. The molecule has 0 saturated carbocycles. The second-order valence-electron chi connectivity index (χ2n) is 5.92. The van der Waals surface area contributed by atoms with Gasteiger partial charge in [0.05, 0.1) is 6.61 Å². The van der Waals surface area contributed by atoms with E-state index >= 15 is 0 Å². The van der Waals surface area contributed by atoms with Crippen LogP contribution in [0.5, 0.6) is 0 Å². The summed E-state index contributed by atoms with van der Waals surface area (Å²) in [6, 6.07) is 0. The van der Waals surface area contributed by atoms with Crippen LogP contribution < -0.4 is 0 Å². The van der Waals surface area contributed by atoms with Crippen LogP contribution in [0.2, 0.25) is 0 Å². The summed E-state index contributed by atoms with van der Waals surface area (Å²) >= 11 is 0. The van der Waals surface area contributed by atoms with E-state index in [1.54, 1.807) is 0 Å². The average Bonchev–Trinajstić information content (AvgIpc) is 2.42. The lowest BCUT2D eigenvalue weighted by molar-refractivity contribution is 0.193. The zero-order valence-corrected chi connectivity index (χ0v) is 14.7. The molecule has 0 atom stereocenters. The van der Waals surface area contributed by atoms with E-state index in [0.29, 0.717) is 0 Å². The Balaban J connectivity index is -0.000000667. The minimum Gasteiger partial charge on any atom is -0.303 e. The van der Waals surface area contributed by atoms with Crippen LogP contribution in [0.25, 0.3) is 0 Å². The number of phosphoric acid groups is 1. The van der Waals surface area contributed by atoms with Crippen LogP contribution in [0.4, 0.5) is 0 Å². The summed E-state index contributed by atoms with van der Waals surface area (Å²) in [5.41, 5.74) is 0. The third kappa shape index (κ3) is 32.1. The molecule has 0 heterocycles. The monoisotopic (exact) mass is 400 g/mol. The lowest BCUT2D eigenvalue weighted by atomic mass is 10.0. The van der Waals surface area contributed by atoms with E-state index in [1.807, 2.05) is 0 Å². The summed E-state index contributed by atoms with van der Waals surface area (Å²) in [5, 5.41) is 0. The van der Waals surface area contributed by atoms with Gasteiger partial charge in [0.15, 0.2) is 0 Å². The zero-order valence-electron chi connectivity index (χ0n) is 13.8. The molecule has 0 unspecified atom stereocenters. The third-order valence-electron chi connectivity index (χ3n) is 3.76. The molecule has 140 valence electrons. The lowest BCUT2D eigenvalue weighted by Gasteiger charge is -2.05. The van der Waals surface area contributed by atoms with Crippen molar-refractivity contribution in [2.24, 2.45) is 0 Å². The number of hydrogen-bond donors (Lipinski definition) is 2. The second kappa shape index (κ2) is 25.4. The van der Waals surface area contributed by atoms with Gasteiger partial charge < -0.3 is 9.79 Å². The molecule has 0 amide bonds. The molecule has 0 aliphatic rings. The van der Waals surface area contributed by atoms with E-state index in [2.05, 4.69) is 11.4 Å². The van der Waals surface area contributed by atoms with Crippen molar-refractivity contribution in [3.63, 3.8) is 0 Å². The molecule has 0 aliphatic carbocycles. The predicted molar refractivity (Wildman–Crippen MR) is 114 cm³/mol. The van der Waals surface area contributed by atoms with Gasteiger partial charge in [-0.2, -0.15) is 0 Å². The highest BCUT2D eigenvalue weighted by molar-refractivity contribution is 7.46. The van der Waals surface area contributed by atoms with E-state index in [1.165, 1.54) is 70.6 Å². The maximum atomic E-state index is 10.4. The average molecular weight is 401 g/mol. The molecule has 0 bridgehead atoms. The molecule has 0 aliphatic heterocycles. The highest BCUT2D eigenvalue weighted by Gasteiger charge is 2.12. The second-order valence-corrected chi connectivity index (χ2v) is 7.16. The minimum atomic E-state index is -4.25. The molecule has 0 fully saturated rings. The van der Waals surface area contributed by atoms with Crippen LogP contribution in [0.3, 0.4) is 0 Å². The van der Waals surface area contributed by atoms with Crippen molar-refractivity contribution in [3.05, 3.63) is 0 Å². The molecule has 8 heteroatoms.